The molecule has 0 heterocycles. The zero-order valence-corrected chi connectivity index (χ0v) is 11.7. The molecule has 1 N–H and O–H groups in total. The Morgan fingerprint density at radius 1 is 1.05 bits per heavy atom. The molecule has 2 rings (SSSR count). The van der Waals surface area contributed by atoms with Crippen LogP contribution in [0.4, 0.5) is 0 Å². The SMILES string of the molecule is O=C(NCc1ccc(Cl)cc1)[C@H](Cl)c1ccccc1. The van der Waals surface area contributed by atoms with Crippen molar-refractivity contribution in [1.82, 2.24) is 5.32 Å². The van der Waals surface area contributed by atoms with Crippen molar-refractivity contribution >= 4 is 29.1 Å². The fraction of sp³-hybridized carbons (Fsp3) is 0.133. The predicted octanol–water partition coefficient (Wildman–Crippen LogP) is 3.94. The van der Waals surface area contributed by atoms with Gasteiger partial charge in [0.1, 0.15) is 5.38 Å². The molecule has 0 aromatic heterocycles. The van der Waals surface area contributed by atoms with E-state index in [-0.39, 0.29) is 5.91 Å². The minimum atomic E-state index is -0.673. The first-order valence-electron chi connectivity index (χ1n) is 5.88. The van der Waals surface area contributed by atoms with E-state index in [1.165, 1.54) is 0 Å². The highest BCUT2D eigenvalue weighted by Crippen LogP contribution is 2.20. The molecule has 0 fully saturated rings. The lowest BCUT2D eigenvalue weighted by Crippen LogP contribution is -2.26. The summed E-state index contributed by atoms with van der Waals surface area (Å²) in [6, 6.07) is 16.6. The molecule has 19 heavy (non-hydrogen) atoms. The van der Waals surface area contributed by atoms with Crippen molar-refractivity contribution in [3.8, 4) is 0 Å². The van der Waals surface area contributed by atoms with Gasteiger partial charge in [-0.1, -0.05) is 54.1 Å². The van der Waals surface area contributed by atoms with Gasteiger partial charge in [0.25, 0.3) is 0 Å². The molecule has 0 unspecified atom stereocenters. The molecule has 0 bridgehead atoms. The van der Waals surface area contributed by atoms with Crippen molar-refractivity contribution in [3.05, 3.63) is 70.7 Å². The quantitative estimate of drug-likeness (QED) is 0.850. The van der Waals surface area contributed by atoms with Crippen molar-refractivity contribution in [2.75, 3.05) is 0 Å². The highest BCUT2D eigenvalue weighted by molar-refractivity contribution is 6.31. The van der Waals surface area contributed by atoms with Gasteiger partial charge in [-0.25, -0.2) is 0 Å². The summed E-state index contributed by atoms with van der Waals surface area (Å²) in [5.41, 5.74) is 1.77. The number of amides is 1. The Bertz CT molecular complexity index is 540. The third kappa shape index (κ3) is 3.98. The van der Waals surface area contributed by atoms with E-state index in [0.717, 1.165) is 11.1 Å². The second-order valence-electron chi connectivity index (χ2n) is 4.12. The largest absolute Gasteiger partial charge is 0.350 e. The van der Waals surface area contributed by atoms with Gasteiger partial charge in [-0.05, 0) is 23.3 Å². The summed E-state index contributed by atoms with van der Waals surface area (Å²) in [6.45, 7) is 0.437. The number of carbonyl (C=O) groups excluding carboxylic acids is 1. The fourth-order valence-electron chi connectivity index (χ4n) is 1.65. The van der Waals surface area contributed by atoms with E-state index in [2.05, 4.69) is 5.32 Å². The van der Waals surface area contributed by atoms with Crippen LogP contribution in [0, 0.1) is 0 Å². The Morgan fingerprint density at radius 3 is 2.32 bits per heavy atom. The van der Waals surface area contributed by atoms with Gasteiger partial charge < -0.3 is 5.32 Å². The topological polar surface area (TPSA) is 29.1 Å². The Balaban J connectivity index is 1.93. The zero-order valence-electron chi connectivity index (χ0n) is 10.1. The maximum absolute atomic E-state index is 11.9. The smallest absolute Gasteiger partial charge is 0.242 e. The predicted molar refractivity (Wildman–Crippen MR) is 78.3 cm³/mol. The Kier molecular flexibility index (Phi) is 4.83. The van der Waals surface area contributed by atoms with Crippen LogP contribution in [-0.4, -0.2) is 5.91 Å². The van der Waals surface area contributed by atoms with E-state index >= 15 is 0 Å². The average Bonchev–Trinajstić information content (AvgIpc) is 2.46. The standard InChI is InChI=1S/C15H13Cl2NO/c16-13-8-6-11(7-9-13)10-18-15(19)14(17)12-4-2-1-3-5-12/h1-9,14H,10H2,(H,18,19)/t14-/m1/s1. The van der Waals surface area contributed by atoms with Gasteiger partial charge in [0.15, 0.2) is 0 Å². The van der Waals surface area contributed by atoms with E-state index in [0.29, 0.717) is 11.6 Å². The van der Waals surface area contributed by atoms with Crippen LogP contribution in [0.3, 0.4) is 0 Å². The molecule has 2 aromatic rings. The molecule has 0 radical (unpaired) electrons. The van der Waals surface area contributed by atoms with Crippen LogP contribution >= 0.6 is 23.2 Å². The van der Waals surface area contributed by atoms with Crippen molar-refractivity contribution in [2.24, 2.45) is 0 Å². The van der Waals surface area contributed by atoms with Crippen LogP contribution in [0.2, 0.25) is 5.02 Å². The molecule has 0 saturated carbocycles. The molecular weight excluding hydrogens is 281 g/mol. The Hall–Kier alpha value is -1.51. The second-order valence-corrected chi connectivity index (χ2v) is 4.99. The van der Waals surface area contributed by atoms with E-state index in [1.54, 1.807) is 12.1 Å². The number of alkyl halides is 1. The molecule has 1 atom stereocenters. The van der Waals surface area contributed by atoms with Gasteiger partial charge >= 0.3 is 0 Å². The summed E-state index contributed by atoms with van der Waals surface area (Å²) in [5.74, 6) is -0.206. The van der Waals surface area contributed by atoms with E-state index in [4.69, 9.17) is 23.2 Å². The van der Waals surface area contributed by atoms with Gasteiger partial charge in [0.05, 0.1) is 0 Å². The number of rotatable bonds is 4. The second kappa shape index (κ2) is 6.60. The van der Waals surface area contributed by atoms with Crippen LogP contribution in [0.1, 0.15) is 16.5 Å². The monoisotopic (exact) mass is 293 g/mol. The zero-order chi connectivity index (χ0) is 13.7. The number of hydrogen-bond acceptors (Lipinski definition) is 1. The third-order valence-electron chi connectivity index (χ3n) is 2.70. The number of carbonyl (C=O) groups is 1. The summed E-state index contributed by atoms with van der Waals surface area (Å²) in [6.07, 6.45) is 0. The van der Waals surface area contributed by atoms with Crippen LogP contribution in [0.15, 0.2) is 54.6 Å². The first-order chi connectivity index (χ1) is 9.16. The van der Waals surface area contributed by atoms with Crippen molar-refractivity contribution < 1.29 is 4.79 Å². The van der Waals surface area contributed by atoms with Crippen LogP contribution in [-0.2, 0) is 11.3 Å². The molecule has 0 aliphatic rings. The van der Waals surface area contributed by atoms with Gasteiger partial charge in [-0.15, -0.1) is 11.6 Å². The fourth-order valence-corrected chi connectivity index (χ4v) is 2.00. The highest BCUT2D eigenvalue weighted by Gasteiger charge is 2.16. The molecule has 0 aliphatic heterocycles. The van der Waals surface area contributed by atoms with E-state index in [9.17, 15) is 4.79 Å². The van der Waals surface area contributed by atoms with Crippen LogP contribution in [0.25, 0.3) is 0 Å². The number of nitrogens with one attached hydrogen (secondary N) is 1. The Morgan fingerprint density at radius 2 is 1.68 bits per heavy atom. The number of benzene rings is 2. The first-order valence-corrected chi connectivity index (χ1v) is 6.69. The molecule has 2 nitrogen and oxygen atoms in total. The summed E-state index contributed by atoms with van der Waals surface area (Å²) < 4.78 is 0. The number of hydrogen-bond donors (Lipinski definition) is 1. The molecule has 2 aromatic carbocycles. The molecule has 0 saturated heterocycles. The summed E-state index contributed by atoms with van der Waals surface area (Å²) in [5, 5.41) is 2.81. The number of halogens is 2. The van der Waals surface area contributed by atoms with Crippen molar-refractivity contribution in [3.63, 3.8) is 0 Å². The van der Waals surface area contributed by atoms with Crippen LogP contribution in [0.5, 0.6) is 0 Å². The average molecular weight is 294 g/mol. The van der Waals surface area contributed by atoms with Gasteiger partial charge in [0, 0.05) is 11.6 Å². The van der Waals surface area contributed by atoms with Gasteiger partial charge in [0.2, 0.25) is 5.91 Å². The normalized spacial score (nSPS) is 11.9. The van der Waals surface area contributed by atoms with Crippen molar-refractivity contribution in [1.29, 1.82) is 0 Å². The van der Waals surface area contributed by atoms with E-state index in [1.807, 2.05) is 42.5 Å². The minimum Gasteiger partial charge on any atom is -0.350 e. The molecule has 4 heteroatoms. The lowest BCUT2D eigenvalue weighted by molar-refractivity contribution is -0.121. The lowest BCUT2D eigenvalue weighted by atomic mass is 10.1. The molecule has 98 valence electrons. The molecule has 0 spiro atoms. The highest BCUT2D eigenvalue weighted by atomic mass is 35.5. The van der Waals surface area contributed by atoms with E-state index < -0.39 is 5.38 Å². The molecule has 0 aliphatic carbocycles. The van der Waals surface area contributed by atoms with Gasteiger partial charge in [-0.3, -0.25) is 4.79 Å². The van der Waals surface area contributed by atoms with Crippen molar-refractivity contribution in [2.45, 2.75) is 11.9 Å². The first kappa shape index (κ1) is 13.9. The third-order valence-corrected chi connectivity index (χ3v) is 3.40. The Labute approximate surface area is 122 Å². The minimum absolute atomic E-state index is 0.206. The van der Waals surface area contributed by atoms with Gasteiger partial charge in [-0.2, -0.15) is 0 Å². The molecular formula is C15H13Cl2NO. The van der Waals surface area contributed by atoms with Crippen LogP contribution < -0.4 is 5.32 Å². The summed E-state index contributed by atoms with van der Waals surface area (Å²) in [4.78, 5) is 11.9. The molecule has 1 amide bonds. The lowest BCUT2D eigenvalue weighted by Gasteiger charge is -2.10. The summed E-state index contributed by atoms with van der Waals surface area (Å²) in [7, 11) is 0. The summed E-state index contributed by atoms with van der Waals surface area (Å²) >= 11 is 11.9. The maximum atomic E-state index is 11.9. The maximum Gasteiger partial charge on any atom is 0.242 e.